The Hall–Kier alpha value is -0.860. The molecule has 0 bridgehead atoms. The van der Waals surface area contributed by atoms with Gasteiger partial charge in [0.25, 0.3) is 0 Å². The van der Waals surface area contributed by atoms with Gasteiger partial charge < -0.3 is 0 Å². The van der Waals surface area contributed by atoms with Crippen LogP contribution in [-0.2, 0) is 16.0 Å². The van der Waals surface area contributed by atoms with E-state index in [4.69, 9.17) is 1.43 Å². The van der Waals surface area contributed by atoms with Gasteiger partial charge in [-0.15, -0.1) is 17.8 Å². The van der Waals surface area contributed by atoms with Gasteiger partial charge in [0.15, 0.2) is 5.12 Å². The lowest BCUT2D eigenvalue weighted by Gasteiger charge is -2.22. The van der Waals surface area contributed by atoms with Crippen molar-refractivity contribution in [2.24, 2.45) is 5.41 Å². The number of hydrogen-bond donors (Lipinski definition) is 3. The first kappa shape index (κ1) is 18.5. The average Bonchev–Trinajstić information content (AvgIpc) is 2.52. The number of carbonyl (C=O) groups is 2. The second-order valence-corrected chi connectivity index (χ2v) is 7.71. The van der Waals surface area contributed by atoms with Crippen molar-refractivity contribution in [1.82, 2.24) is 10.6 Å². The molecule has 5 nitrogen and oxygen atoms in total. The summed E-state index contributed by atoms with van der Waals surface area (Å²) < 4.78 is 7.12. The molecule has 1 unspecified atom stereocenters. The van der Waals surface area contributed by atoms with Crippen LogP contribution in [0.25, 0.3) is 0 Å². The van der Waals surface area contributed by atoms with Gasteiger partial charge in [-0.25, -0.2) is 5.43 Å². The Bertz CT molecular complexity index is 538. The minimum Gasteiger partial charge on any atom is -0.299 e. The first-order valence-corrected chi connectivity index (χ1v) is 8.78. The van der Waals surface area contributed by atoms with E-state index in [-0.39, 0.29) is 16.8 Å². The molecule has 0 aromatic heterocycles. The van der Waals surface area contributed by atoms with Crippen molar-refractivity contribution >= 4 is 34.6 Å². The average molecular weight is 359 g/mol. The van der Waals surface area contributed by atoms with Crippen LogP contribution in [0, 0.1) is 5.41 Å². The zero-order chi connectivity index (χ0) is 18.2. The highest BCUT2D eigenvalue weighted by molar-refractivity contribution is 8.13. The number of thiol groups is 1. The van der Waals surface area contributed by atoms with E-state index in [9.17, 15) is 9.59 Å². The van der Waals surface area contributed by atoms with E-state index in [0.29, 0.717) is 12.2 Å². The first-order chi connectivity index (χ1) is 11.2. The molecule has 23 heavy (non-hydrogen) atoms. The molecule has 1 rings (SSSR count). The number of thioether (sulfide) groups is 1. The third-order valence-corrected chi connectivity index (χ3v) is 4.59. The Balaban J connectivity index is 2.54. The lowest BCUT2D eigenvalue weighted by molar-refractivity contribution is -0.147. The molecule has 0 fully saturated rings. The maximum Gasteiger partial charge on any atom is 0.240 e. The van der Waals surface area contributed by atoms with E-state index in [2.05, 4.69) is 23.3 Å². The van der Waals surface area contributed by atoms with Crippen molar-refractivity contribution in [1.29, 1.82) is 0 Å². The van der Waals surface area contributed by atoms with E-state index in [1.807, 2.05) is 51.1 Å². The number of hydrazine groups is 1. The molecule has 0 aliphatic rings. The van der Waals surface area contributed by atoms with Crippen LogP contribution in [0.15, 0.2) is 30.3 Å². The Morgan fingerprint density at radius 3 is 2.57 bits per heavy atom. The van der Waals surface area contributed by atoms with Crippen molar-refractivity contribution in [3.8, 4) is 0 Å². The maximum atomic E-state index is 11.9. The fourth-order valence-corrected chi connectivity index (χ4v) is 2.74. The summed E-state index contributed by atoms with van der Waals surface area (Å²) in [5.74, 6) is 0.445. The van der Waals surface area contributed by atoms with Gasteiger partial charge in [0, 0.05) is 17.7 Å². The Morgan fingerprint density at radius 1 is 1.39 bits per heavy atom. The second-order valence-electron chi connectivity index (χ2n) is 6.20. The van der Waals surface area contributed by atoms with Crippen LogP contribution < -0.4 is 5.43 Å². The topological polar surface area (TPSA) is 69.6 Å². The predicted octanol–water partition coefficient (Wildman–Crippen LogP) is 2.56. The van der Waals surface area contributed by atoms with Crippen molar-refractivity contribution < 1.29 is 16.2 Å². The molecule has 0 saturated carbocycles. The van der Waals surface area contributed by atoms with Crippen molar-refractivity contribution in [2.75, 3.05) is 12.3 Å². The molecule has 1 atom stereocenters. The van der Waals surface area contributed by atoms with Crippen molar-refractivity contribution in [2.45, 2.75) is 33.2 Å². The van der Waals surface area contributed by atoms with Crippen molar-refractivity contribution in [3.05, 3.63) is 35.9 Å². The third-order valence-electron chi connectivity index (χ3n) is 3.02. The fourth-order valence-electron chi connectivity index (χ4n) is 1.71. The summed E-state index contributed by atoms with van der Waals surface area (Å²) in [6.07, 6.45) is 0.428. The molecule has 0 heterocycles. The van der Waals surface area contributed by atoms with Crippen LogP contribution in [0.5, 0.6) is 0 Å². The molecule has 0 saturated heterocycles. The Labute approximate surface area is 148 Å². The smallest absolute Gasteiger partial charge is 0.240 e. The van der Waals surface area contributed by atoms with Crippen LogP contribution in [0.2, 0.25) is 1.43 Å². The number of carbonyl (C=O) groups excluding carboxylic acids is 2. The van der Waals surface area contributed by atoms with Gasteiger partial charge >= 0.3 is 0 Å². The first-order valence-electron chi connectivity index (χ1n) is 7.76. The summed E-state index contributed by atoms with van der Waals surface area (Å²) in [7, 11) is 0. The minimum absolute atomic E-state index is 0.0681. The fraction of sp³-hybridized carbons (Fsp3) is 0.500. The van der Waals surface area contributed by atoms with Gasteiger partial charge in [-0.1, -0.05) is 62.9 Å². The van der Waals surface area contributed by atoms with E-state index < -0.39 is 11.5 Å². The molecule has 128 valence electrons. The van der Waals surface area contributed by atoms with E-state index in [1.54, 1.807) is 0 Å². The summed E-state index contributed by atoms with van der Waals surface area (Å²) in [6.45, 7) is 5.85. The third kappa shape index (κ3) is 7.99. The van der Waals surface area contributed by atoms with Crippen LogP contribution >= 0.6 is 24.4 Å². The molecule has 0 aliphatic carbocycles. The lowest BCUT2D eigenvalue weighted by Crippen LogP contribution is -2.47. The molecule has 0 amide bonds. The summed E-state index contributed by atoms with van der Waals surface area (Å²) in [6, 6.07) is 8.89. The van der Waals surface area contributed by atoms with E-state index >= 15 is 0 Å². The van der Waals surface area contributed by atoms with E-state index in [0.717, 1.165) is 10.7 Å². The van der Waals surface area contributed by atoms with Gasteiger partial charge in [0.2, 0.25) is 6.55 Å². The summed E-state index contributed by atoms with van der Waals surface area (Å²) >= 11 is 5.07. The highest BCUT2D eigenvalue weighted by atomic mass is 32.2. The molecule has 1 aromatic rings. The quantitative estimate of drug-likeness (QED) is 0.466. The van der Waals surface area contributed by atoms with Crippen LogP contribution in [-0.4, -0.2) is 39.0 Å². The lowest BCUT2D eigenvalue weighted by atomic mass is 10.00. The molecule has 0 aliphatic heterocycles. The summed E-state index contributed by atoms with van der Waals surface area (Å²) in [5, 5.41) is 5.36. The van der Waals surface area contributed by atoms with Gasteiger partial charge in [-0.3, -0.25) is 14.8 Å². The van der Waals surface area contributed by atoms with E-state index in [1.165, 1.54) is 11.8 Å². The minimum atomic E-state index is -0.621. The number of nitrogens with one attached hydrogen (secondary N) is 1. The number of benzene rings is 1. The zero-order valence-electron chi connectivity index (χ0n) is 14.6. The highest BCUT2D eigenvalue weighted by Crippen LogP contribution is 2.22. The highest BCUT2D eigenvalue weighted by Gasteiger charge is 2.22. The largest absolute Gasteiger partial charge is 0.299 e. The number of nitrogens with zero attached hydrogens (tertiary/aromatic N) is 1. The zero-order valence-corrected chi connectivity index (χ0v) is 15.3. The summed E-state index contributed by atoms with van der Waals surface area (Å²) in [4.78, 5) is 23.6. The van der Waals surface area contributed by atoms with Crippen molar-refractivity contribution in [3.63, 3.8) is 0 Å². The molecule has 0 radical (unpaired) electrons. The Kier molecular flexibility index (Phi) is 7.58. The van der Waals surface area contributed by atoms with Gasteiger partial charge in [0.05, 0.1) is 6.04 Å². The SMILES string of the molecule is [3H]ON(CCSC(=O)C(C)(C)C)NC(Cc1ccccc1)C(=O)S. The monoisotopic (exact) mass is 358 g/mol. The van der Waals surface area contributed by atoms with Gasteiger partial charge in [0.1, 0.15) is 0 Å². The molecule has 1 aromatic carbocycles. The van der Waals surface area contributed by atoms with Crippen LogP contribution in [0.4, 0.5) is 0 Å². The molecule has 0 spiro atoms. The normalized spacial score (nSPS) is 13.7. The molecular formula is C16H24N2O3S2. The maximum absolute atomic E-state index is 11.9. The van der Waals surface area contributed by atoms with Gasteiger partial charge in [-0.2, -0.15) is 0 Å². The van der Waals surface area contributed by atoms with Gasteiger partial charge in [-0.05, 0) is 12.0 Å². The van der Waals surface area contributed by atoms with Crippen LogP contribution in [0.3, 0.4) is 0 Å². The number of hydroxylamine groups is 1. The Morgan fingerprint density at radius 2 is 2.04 bits per heavy atom. The summed E-state index contributed by atoms with van der Waals surface area (Å²) in [5.41, 5.74) is 3.39. The number of rotatable bonds is 9. The predicted molar refractivity (Wildman–Crippen MR) is 96.5 cm³/mol. The molecular weight excluding hydrogens is 332 g/mol. The van der Waals surface area contributed by atoms with Crippen LogP contribution in [0.1, 0.15) is 26.3 Å². The standard InChI is InChI=1S/C16H24N2O3S2/c1-16(2,3)15(20)23-10-9-18(21)17-13(14(19)22)11-12-7-5-4-6-8-12/h4-8,13,17,21H,9-11H2,1-3H3,(H,19,22)/i21T. The molecule has 2 N–H and O–H groups in total. The second kappa shape index (κ2) is 9.44. The molecule has 7 heteroatoms. The number of hydrogen-bond acceptors (Lipinski definition) is 6.